The highest BCUT2D eigenvalue weighted by molar-refractivity contribution is 14.0. The van der Waals surface area contributed by atoms with Crippen molar-refractivity contribution in [1.29, 1.82) is 0 Å². The lowest BCUT2D eigenvalue weighted by atomic mass is 9.86. The van der Waals surface area contributed by atoms with Crippen LogP contribution in [0.5, 0.6) is 0 Å². The first-order valence-corrected chi connectivity index (χ1v) is 8.70. The van der Waals surface area contributed by atoms with Crippen LogP contribution in [0.1, 0.15) is 29.3 Å². The number of aromatic nitrogens is 1. The standard InChI is InChI=1S/C18H26N4S.HI/c1-14-11-20-16(23-14)12-21-17(19-4)22-13-18(2,3)10-15-8-6-5-7-9-15;/h5-9,11H,10,12-13H2,1-4H3,(H2,19,21,22);1H. The van der Waals surface area contributed by atoms with Crippen LogP contribution in [-0.2, 0) is 13.0 Å². The van der Waals surface area contributed by atoms with Crippen molar-refractivity contribution in [2.75, 3.05) is 13.6 Å². The van der Waals surface area contributed by atoms with Crippen LogP contribution in [0.15, 0.2) is 41.5 Å². The Balaban J connectivity index is 0.00000288. The van der Waals surface area contributed by atoms with Crippen LogP contribution in [0.3, 0.4) is 0 Å². The maximum atomic E-state index is 4.36. The van der Waals surface area contributed by atoms with Crippen LogP contribution in [0, 0.1) is 12.3 Å². The molecule has 0 aliphatic heterocycles. The van der Waals surface area contributed by atoms with Crippen molar-refractivity contribution in [3.05, 3.63) is 52.0 Å². The number of nitrogens with one attached hydrogen (secondary N) is 2. The maximum absolute atomic E-state index is 4.36. The molecule has 0 atom stereocenters. The minimum atomic E-state index is 0. The van der Waals surface area contributed by atoms with Crippen LogP contribution < -0.4 is 10.6 Å². The van der Waals surface area contributed by atoms with Crippen LogP contribution in [0.25, 0.3) is 0 Å². The quantitative estimate of drug-likeness (QED) is 0.391. The van der Waals surface area contributed by atoms with Crippen LogP contribution in [0.4, 0.5) is 0 Å². The first-order valence-electron chi connectivity index (χ1n) is 7.88. The lowest BCUT2D eigenvalue weighted by Crippen LogP contribution is -2.42. The molecule has 24 heavy (non-hydrogen) atoms. The average Bonchev–Trinajstić information content (AvgIpc) is 2.93. The van der Waals surface area contributed by atoms with Gasteiger partial charge < -0.3 is 10.6 Å². The van der Waals surface area contributed by atoms with Gasteiger partial charge in [-0.25, -0.2) is 4.98 Å². The number of benzene rings is 1. The van der Waals surface area contributed by atoms with E-state index in [2.05, 4.69) is 71.7 Å². The molecule has 2 aromatic rings. The van der Waals surface area contributed by atoms with E-state index in [0.717, 1.165) is 23.9 Å². The number of hydrogen-bond acceptors (Lipinski definition) is 3. The predicted octanol–water partition coefficient (Wildman–Crippen LogP) is 4.00. The van der Waals surface area contributed by atoms with Gasteiger partial charge in [-0.15, -0.1) is 35.3 Å². The molecule has 0 bridgehead atoms. The summed E-state index contributed by atoms with van der Waals surface area (Å²) in [5.41, 5.74) is 1.51. The average molecular weight is 458 g/mol. The second-order valence-electron chi connectivity index (χ2n) is 6.47. The fourth-order valence-electron chi connectivity index (χ4n) is 2.40. The van der Waals surface area contributed by atoms with Gasteiger partial charge in [-0.3, -0.25) is 4.99 Å². The largest absolute Gasteiger partial charge is 0.356 e. The Morgan fingerprint density at radius 3 is 2.50 bits per heavy atom. The molecule has 132 valence electrons. The van der Waals surface area contributed by atoms with Crippen molar-refractivity contribution in [2.24, 2.45) is 10.4 Å². The van der Waals surface area contributed by atoms with Crippen LogP contribution >= 0.6 is 35.3 Å². The van der Waals surface area contributed by atoms with Crippen molar-refractivity contribution in [2.45, 2.75) is 33.7 Å². The van der Waals surface area contributed by atoms with E-state index in [1.54, 1.807) is 18.4 Å². The molecular weight excluding hydrogens is 431 g/mol. The minimum absolute atomic E-state index is 0. The summed E-state index contributed by atoms with van der Waals surface area (Å²) in [6.45, 7) is 8.17. The molecule has 0 aliphatic rings. The lowest BCUT2D eigenvalue weighted by molar-refractivity contribution is 0.359. The summed E-state index contributed by atoms with van der Waals surface area (Å²) in [7, 11) is 1.80. The maximum Gasteiger partial charge on any atom is 0.191 e. The highest BCUT2D eigenvalue weighted by atomic mass is 127. The summed E-state index contributed by atoms with van der Waals surface area (Å²) in [6, 6.07) is 10.6. The van der Waals surface area contributed by atoms with Crippen molar-refractivity contribution >= 4 is 41.3 Å². The highest BCUT2D eigenvalue weighted by Crippen LogP contribution is 2.20. The zero-order chi connectivity index (χ0) is 16.7. The summed E-state index contributed by atoms with van der Waals surface area (Å²) >= 11 is 1.71. The van der Waals surface area contributed by atoms with Gasteiger partial charge in [0.15, 0.2) is 5.96 Å². The molecule has 0 amide bonds. The van der Waals surface area contributed by atoms with E-state index < -0.39 is 0 Å². The fourth-order valence-corrected chi connectivity index (χ4v) is 3.12. The molecule has 0 unspecified atom stereocenters. The first kappa shape index (κ1) is 20.9. The van der Waals surface area contributed by atoms with Crippen LogP contribution in [0.2, 0.25) is 0 Å². The van der Waals surface area contributed by atoms with E-state index in [4.69, 9.17) is 0 Å². The molecule has 2 N–H and O–H groups in total. The highest BCUT2D eigenvalue weighted by Gasteiger charge is 2.19. The van der Waals surface area contributed by atoms with Crippen molar-refractivity contribution in [3.63, 3.8) is 0 Å². The Morgan fingerprint density at radius 2 is 1.92 bits per heavy atom. The zero-order valence-corrected chi connectivity index (χ0v) is 17.9. The third-order valence-electron chi connectivity index (χ3n) is 3.56. The summed E-state index contributed by atoms with van der Waals surface area (Å²) in [4.78, 5) is 9.88. The third kappa shape index (κ3) is 7.17. The smallest absolute Gasteiger partial charge is 0.191 e. The molecule has 1 aromatic heterocycles. The van der Waals surface area contributed by atoms with Gasteiger partial charge in [-0.05, 0) is 24.3 Å². The van der Waals surface area contributed by atoms with Crippen LogP contribution in [-0.4, -0.2) is 24.5 Å². The normalized spacial score (nSPS) is 11.8. The van der Waals surface area contributed by atoms with Gasteiger partial charge in [0, 0.05) is 24.7 Å². The molecule has 0 spiro atoms. The Kier molecular flexibility index (Phi) is 8.69. The number of aliphatic imine (C=N–C) groups is 1. The van der Waals surface area contributed by atoms with Crippen molar-refractivity contribution < 1.29 is 0 Å². The Morgan fingerprint density at radius 1 is 1.21 bits per heavy atom. The van der Waals surface area contributed by atoms with E-state index in [0.29, 0.717) is 6.54 Å². The molecule has 0 radical (unpaired) electrons. The molecule has 2 rings (SSSR count). The molecule has 0 aliphatic carbocycles. The number of hydrogen-bond donors (Lipinski definition) is 2. The van der Waals surface area contributed by atoms with Gasteiger partial charge in [0.05, 0.1) is 6.54 Å². The fraction of sp³-hybridized carbons (Fsp3) is 0.444. The summed E-state index contributed by atoms with van der Waals surface area (Å²) < 4.78 is 0. The molecule has 6 heteroatoms. The molecule has 0 saturated heterocycles. The van der Waals surface area contributed by atoms with Gasteiger partial charge in [-0.2, -0.15) is 0 Å². The van der Waals surface area contributed by atoms with Crippen molar-refractivity contribution in [1.82, 2.24) is 15.6 Å². The molecular formula is C18H27IN4S. The first-order chi connectivity index (χ1) is 11.0. The summed E-state index contributed by atoms with van der Waals surface area (Å²) in [6.07, 6.45) is 2.93. The monoisotopic (exact) mass is 458 g/mol. The Labute approximate surface area is 166 Å². The summed E-state index contributed by atoms with van der Waals surface area (Å²) in [5, 5.41) is 7.82. The Hall–Kier alpha value is -1.15. The van der Waals surface area contributed by atoms with E-state index >= 15 is 0 Å². The van der Waals surface area contributed by atoms with Gasteiger partial charge >= 0.3 is 0 Å². The predicted molar refractivity (Wildman–Crippen MR) is 114 cm³/mol. The van der Waals surface area contributed by atoms with Gasteiger partial charge in [0.1, 0.15) is 5.01 Å². The van der Waals surface area contributed by atoms with E-state index in [-0.39, 0.29) is 29.4 Å². The number of guanidine groups is 1. The number of halogens is 1. The second-order valence-corrected chi connectivity index (χ2v) is 7.79. The molecule has 0 fully saturated rings. The SMILES string of the molecule is CN=C(NCc1ncc(C)s1)NCC(C)(C)Cc1ccccc1.I. The molecule has 1 aromatic carbocycles. The number of nitrogens with zero attached hydrogens (tertiary/aromatic N) is 2. The van der Waals surface area contributed by atoms with Gasteiger partial charge in [-0.1, -0.05) is 44.2 Å². The zero-order valence-electron chi connectivity index (χ0n) is 14.8. The lowest BCUT2D eigenvalue weighted by Gasteiger charge is -2.26. The van der Waals surface area contributed by atoms with E-state index in [9.17, 15) is 0 Å². The van der Waals surface area contributed by atoms with Gasteiger partial charge in [0.25, 0.3) is 0 Å². The number of aryl methyl sites for hydroxylation is 1. The molecule has 4 nitrogen and oxygen atoms in total. The minimum Gasteiger partial charge on any atom is -0.356 e. The third-order valence-corrected chi connectivity index (χ3v) is 4.47. The topological polar surface area (TPSA) is 49.3 Å². The van der Waals surface area contributed by atoms with Gasteiger partial charge in [0.2, 0.25) is 0 Å². The number of thiazole rings is 1. The van der Waals surface area contributed by atoms with E-state index in [1.165, 1.54) is 10.4 Å². The molecule has 0 saturated carbocycles. The second kappa shape index (κ2) is 9.98. The number of rotatable bonds is 6. The Bertz CT molecular complexity index is 637. The van der Waals surface area contributed by atoms with E-state index in [1.807, 2.05) is 6.20 Å². The molecule has 1 heterocycles. The summed E-state index contributed by atoms with van der Waals surface area (Å²) in [5.74, 6) is 0.819. The van der Waals surface area contributed by atoms with Crippen molar-refractivity contribution in [3.8, 4) is 0 Å².